The van der Waals surface area contributed by atoms with Crippen molar-refractivity contribution in [2.24, 2.45) is 5.73 Å². The van der Waals surface area contributed by atoms with Gasteiger partial charge in [-0.15, -0.1) is 0 Å². The monoisotopic (exact) mass is 381 g/mol. The van der Waals surface area contributed by atoms with Crippen molar-refractivity contribution >= 4 is 5.91 Å². The van der Waals surface area contributed by atoms with Crippen molar-refractivity contribution in [2.45, 2.75) is 44.6 Å². The Bertz CT molecular complexity index is 825. The lowest BCUT2D eigenvalue weighted by atomic mass is 9.96. The van der Waals surface area contributed by atoms with E-state index in [1.54, 1.807) is 4.90 Å². The number of piperidine rings is 1. The Hall–Kier alpha value is -2.42. The first kappa shape index (κ1) is 19.3. The van der Waals surface area contributed by atoms with Gasteiger partial charge in [-0.05, 0) is 37.8 Å². The molecular weight excluding hydrogens is 359 g/mol. The Labute approximate surface area is 155 Å². The summed E-state index contributed by atoms with van der Waals surface area (Å²) in [5, 5.41) is 6.97. The maximum absolute atomic E-state index is 13.7. The van der Waals surface area contributed by atoms with E-state index in [0.29, 0.717) is 25.0 Å². The standard InChI is InChI=1S/C18H22F3N5O/c1-10-23-18(25-24-10)11-3-2-4-26(9-11)17(27)7-13(22)5-12-6-15(20)16(21)8-14(12)19/h6,8,11,13H,2-5,7,9,22H2,1H3,(H,23,24,25)/t11?,13-/m1/s1. The first-order valence-corrected chi connectivity index (χ1v) is 8.89. The minimum absolute atomic E-state index is 0.00181. The van der Waals surface area contributed by atoms with Crippen LogP contribution in [0.1, 0.15) is 42.4 Å². The van der Waals surface area contributed by atoms with Crippen molar-refractivity contribution in [3.63, 3.8) is 0 Å². The molecule has 1 aliphatic rings. The zero-order valence-electron chi connectivity index (χ0n) is 15.0. The van der Waals surface area contributed by atoms with Gasteiger partial charge in [0, 0.05) is 37.5 Å². The van der Waals surface area contributed by atoms with Gasteiger partial charge in [-0.3, -0.25) is 9.89 Å². The van der Waals surface area contributed by atoms with Crippen molar-refractivity contribution in [1.29, 1.82) is 0 Å². The molecule has 2 aromatic rings. The number of nitrogens with two attached hydrogens (primary N) is 1. The molecule has 146 valence electrons. The molecule has 2 heterocycles. The zero-order valence-corrected chi connectivity index (χ0v) is 15.0. The summed E-state index contributed by atoms with van der Waals surface area (Å²) in [5.41, 5.74) is 5.92. The fraction of sp³-hybridized carbons (Fsp3) is 0.500. The van der Waals surface area contributed by atoms with E-state index in [0.717, 1.165) is 24.7 Å². The molecule has 3 rings (SSSR count). The number of nitrogens with zero attached hydrogens (tertiary/aromatic N) is 3. The van der Waals surface area contributed by atoms with Gasteiger partial charge in [-0.25, -0.2) is 18.2 Å². The lowest BCUT2D eigenvalue weighted by Gasteiger charge is -2.32. The van der Waals surface area contributed by atoms with Crippen LogP contribution in [0.3, 0.4) is 0 Å². The molecule has 1 aliphatic heterocycles. The Morgan fingerprint density at radius 2 is 2.07 bits per heavy atom. The Morgan fingerprint density at radius 3 is 2.78 bits per heavy atom. The number of H-pyrrole nitrogens is 1. The quantitative estimate of drug-likeness (QED) is 0.778. The molecule has 1 aromatic carbocycles. The fourth-order valence-electron chi connectivity index (χ4n) is 3.39. The lowest BCUT2D eigenvalue weighted by Crippen LogP contribution is -2.42. The second kappa shape index (κ2) is 8.08. The SMILES string of the molecule is Cc1nc(C2CCCN(C(=O)C[C@H](N)Cc3cc(F)c(F)cc3F)C2)n[nH]1. The highest BCUT2D eigenvalue weighted by Crippen LogP contribution is 2.25. The van der Waals surface area contributed by atoms with E-state index < -0.39 is 23.5 Å². The van der Waals surface area contributed by atoms with Crippen LogP contribution < -0.4 is 5.73 Å². The fourth-order valence-corrected chi connectivity index (χ4v) is 3.39. The number of nitrogens with one attached hydrogen (secondary N) is 1. The first-order valence-electron chi connectivity index (χ1n) is 8.89. The molecule has 1 saturated heterocycles. The largest absolute Gasteiger partial charge is 0.342 e. The van der Waals surface area contributed by atoms with Crippen LogP contribution in [0.25, 0.3) is 0 Å². The van der Waals surface area contributed by atoms with Crippen LogP contribution in [0.15, 0.2) is 12.1 Å². The molecule has 0 saturated carbocycles. The summed E-state index contributed by atoms with van der Waals surface area (Å²) in [6.45, 7) is 2.94. The van der Waals surface area contributed by atoms with Crippen LogP contribution in [0.4, 0.5) is 13.2 Å². The second-order valence-corrected chi connectivity index (χ2v) is 6.98. The van der Waals surface area contributed by atoms with Crippen LogP contribution in [0.2, 0.25) is 0 Å². The highest BCUT2D eigenvalue weighted by molar-refractivity contribution is 5.77. The summed E-state index contributed by atoms with van der Waals surface area (Å²) in [5.74, 6) is -1.92. The van der Waals surface area contributed by atoms with E-state index in [1.165, 1.54) is 0 Å². The van der Waals surface area contributed by atoms with Gasteiger partial charge >= 0.3 is 0 Å². The first-order chi connectivity index (χ1) is 12.8. The summed E-state index contributed by atoms with van der Waals surface area (Å²) < 4.78 is 40.1. The maximum atomic E-state index is 13.7. The van der Waals surface area contributed by atoms with Crippen LogP contribution in [-0.4, -0.2) is 45.1 Å². The number of carbonyl (C=O) groups excluding carboxylic acids is 1. The van der Waals surface area contributed by atoms with Crippen LogP contribution in [-0.2, 0) is 11.2 Å². The van der Waals surface area contributed by atoms with Crippen molar-refractivity contribution in [2.75, 3.05) is 13.1 Å². The minimum Gasteiger partial charge on any atom is -0.342 e. The van der Waals surface area contributed by atoms with Crippen LogP contribution >= 0.6 is 0 Å². The van der Waals surface area contributed by atoms with Gasteiger partial charge in [0.2, 0.25) is 5.91 Å². The van der Waals surface area contributed by atoms with E-state index in [1.807, 2.05) is 6.92 Å². The predicted octanol–water partition coefficient (Wildman–Crippen LogP) is 2.20. The minimum atomic E-state index is -1.25. The topological polar surface area (TPSA) is 87.9 Å². The third-order valence-electron chi connectivity index (χ3n) is 4.76. The number of aromatic nitrogens is 3. The smallest absolute Gasteiger partial charge is 0.224 e. The summed E-state index contributed by atoms with van der Waals surface area (Å²) in [4.78, 5) is 18.6. The highest BCUT2D eigenvalue weighted by Gasteiger charge is 2.28. The number of hydrogen-bond donors (Lipinski definition) is 2. The number of aryl methyl sites for hydroxylation is 1. The third kappa shape index (κ3) is 4.65. The van der Waals surface area contributed by atoms with Gasteiger partial charge in [0.05, 0.1) is 0 Å². The molecule has 1 fully saturated rings. The van der Waals surface area contributed by atoms with Gasteiger partial charge in [0.1, 0.15) is 11.6 Å². The van der Waals surface area contributed by atoms with E-state index in [-0.39, 0.29) is 30.2 Å². The van der Waals surface area contributed by atoms with Crippen molar-refractivity contribution in [1.82, 2.24) is 20.1 Å². The molecule has 9 heteroatoms. The predicted molar refractivity (Wildman–Crippen MR) is 92.3 cm³/mol. The van der Waals surface area contributed by atoms with Gasteiger partial charge in [-0.2, -0.15) is 5.10 Å². The highest BCUT2D eigenvalue weighted by atomic mass is 19.2. The van der Waals surface area contributed by atoms with E-state index in [9.17, 15) is 18.0 Å². The number of amides is 1. The Morgan fingerprint density at radius 1 is 1.33 bits per heavy atom. The number of carbonyl (C=O) groups is 1. The molecule has 3 N–H and O–H groups in total. The van der Waals surface area contributed by atoms with Gasteiger partial charge in [-0.1, -0.05) is 0 Å². The van der Waals surface area contributed by atoms with Crippen molar-refractivity contribution in [3.8, 4) is 0 Å². The molecular formula is C18H22F3N5O. The maximum Gasteiger partial charge on any atom is 0.224 e. The number of rotatable bonds is 5. The van der Waals surface area contributed by atoms with E-state index in [2.05, 4.69) is 15.2 Å². The molecule has 0 spiro atoms. The molecule has 27 heavy (non-hydrogen) atoms. The third-order valence-corrected chi connectivity index (χ3v) is 4.76. The summed E-state index contributed by atoms with van der Waals surface area (Å²) in [6, 6.07) is 0.591. The number of halogens is 3. The number of aromatic amines is 1. The number of likely N-dealkylation sites (tertiary alicyclic amines) is 1. The molecule has 2 atom stereocenters. The molecule has 6 nitrogen and oxygen atoms in total. The average Bonchev–Trinajstić information content (AvgIpc) is 3.06. The Kier molecular flexibility index (Phi) is 5.79. The summed E-state index contributed by atoms with van der Waals surface area (Å²) in [7, 11) is 0. The molecule has 0 radical (unpaired) electrons. The average molecular weight is 381 g/mol. The van der Waals surface area contributed by atoms with E-state index >= 15 is 0 Å². The molecule has 1 amide bonds. The number of benzene rings is 1. The normalized spacial score (nSPS) is 18.6. The van der Waals surface area contributed by atoms with Crippen molar-refractivity contribution < 1.29 is 18.0 Å². The molecule has 1 unspecified atom stereocenters. The van der Waals surface area contributed by atoms with Gasteiger partial charge in [0.25, 0.3) is 0 Å². The van der Waals surface area contributed by atoms with Gasteiger partial charge < -0.3 is 10.6 Å². The molecule has 1 aromatic heterocycles. The molecule has 0 aliphatic carbocycles. The molecule has 0 bridgehead atoms. The van der Waals surface area contributed by atoms with Crippen molar-refractivity contribution in [3.05, 3.63) is 46.8 Å². The van der Waals surface area contributed by atoms with Crippen LogP contribution in [0.5, 0.6) is 0 Å². The lowest BCUT2D eigenvalue weighted by molar-refractivity contribution is -0.132. The summed E-state index contributed by atoms with van der Waals surface area (Å²) in [6.07, 6.45) is 1.68. The van der Waals surface area contributed by atoms with Crippen LogP contribution in [0, 0.1) is 24.4 Å². The van der Waals surface area contributed by atoms with E-state index in [4.69, 9.17) is 5.73 Å². The second-order valence-electron chi connectivity index (χ2n) is 6.98. The Balaban J connectivity index is 1.58. The van der Waals surface area contributed by atoms with Gasteiger partial charge in [0.15, 0.2) is 17.5 Å². The number of hydrogen-bond acceptors (Lipinski definition) is 4. The summed E-state index contributed by atoms with van der Waals surface area (Å²) >= 11 is 0. The zero-order chi connectivity index (χ0) is 19.6.